The molecule has 0 fully saturated rings. The largest absolute Gasteiger partial charge is 0.475 e. The number of rotatable bonds is 8. The standard InChI is InChI=1S/C21H23ClF3NO8/c1-11(32-17(27)6-5-7-31-26(29)30)33-19(28)13-8-12-9-15(22)14(20(2,3)4)10-16(12)34-18(13)21(23,24)25/h8-11,18H,5-7H2,1-4H3. The summed E-state index contributed by atoms with van der Waals surface area (Å²) in [5.41, 5.74) is -0.596. The van der Waals surface area contributed by atoms with Crippen LogP contribution in [-0.4, -0.2) is 42.2 Å². The summed E-state index contributed by atoms with van der Waals surface area (Å²) in [6.07, 6.45) is -8.45. The van der Waals surface area contributed by atoms with E-state index in [1.165, 1.54) is 12.1 Å². The highest BCUT2D eigenvalue weighted by Crippen LogP contribution is 2.42. The fraction of sp³-hybridized carbons (Fsp3) is 0.524. The summed E-state index contributed by atoms with van der Waals surface area (Å²) in [5.74, 6) is -2.38. The van der Waals surface area contributed by atoms with E-state index in [9.17, 15) is 32.9 Å². The highest BCUT2D eigenvalue weighted by Gasteiger charge is 2.49. The Hall–Kier alpha value is -3.02. The van der Waals surface area contributed by atoms with Gasteiger partial charge >= 0.3 is 18.1 Å². The molecule has 0 bridgehead atoms. The molecule has 1 aliphatic rings. The number of carbonyl (C=O) groups is 2. The number of fused-ring (bicyclic) bond motifs is 1. The van der Waals surface area contributed by atoms with Gasteiger partial charge in [0.2, 0.25) is 12.4 Å². The van der Waals surface area contributed by atoms with Crippen LogP contribution in [0, 0.1) is 10.1 Å². The molecule has 0 aliphatic carbocycles. The lowest BCUT2D eigenvalue weighted by Crippen LogP contribution is -2.41. The number of ether oxygens (including phenoxy) is 3. The fourth-order valence-corrected chi connectivity index (χ4v) is 3.50. The predicted octanol–water partition coefficient (Wildman–Crippen LogP) is 4.77. The number of benzene rings is 1. The molecule has 0 aromatic heterocycles. The molecule has 0 radical (unpaired) electrons. The molecule has 1 aliphatic heterocycles. The average Bonchev–Trinajstić information content (AvgIpc) is 2.67. The van der Waals surface area contributed by atoms with Gasteiger partial charge in [0.1, 0.15) is 5.75 Å². The Bertz CT molecular complexity index is 987. The first-order chi connectivity index (χ1) is 15.6. The summed E-state index contributed by atoms with van der Waals surface area (Å²) in [4.78, 5) is 38.3. The quantitative estimate of drug-likeness (QED) is 0.162. The minimum absolute atomic E-state index is 0.0519. The summed E-state index contributed by atoms with van der Waals surface area (Å²) >= 11 is 6.28. The average molecular weight is 510 g/mol. The molecular formula is C21H23ClF3NO8. The van der Waals surface area contributed by atoms with Gasteiger partial charge in [-0.05, 0) is 35.6 Å². The van der Waals surface area contributed by atoms with E-state index >= 15 is 0 Å². The summed E-state index contributed by atoms with van der Waals surface area (Å²) in [7, 11) is 0. The van der Waals surface area contributed by atoms with Crippen LogP contribution >= 0.6 is 11.6 Å². The van der Waals surface area contributed by atoms with Crippen LogP contribution in [0.3, 0.4) is 0 Å². The van der Waals surface area contributed by atoms with Crippen molar-refractivity contribution in [2.45, 2.75) is 64.5 Å². The number of alkyl halides is 3. The van der Waals surface area contributed by atoms with Crippen molar-refractivity contribution in [2.75, 3.05) is 6.61 Å². The molecule has 0 spiro atoms. The van der Waals surface area contributed by atoms with E-state index in [4.69, 9.17) is 25.8 Å². The van der Waals surface area contributed by atoms with Gasteiger partial charge in [-0.25, -0.2) is 4.79 Å². The van der Waals surface area contributed by atoms with Gasteiger partial charge in [-0.2, -0.15) is 13.2 Å². The first-order valence-corrected chi connectivity index (χ1v) is 10.4. The van der Waals surface area contributed by atoms with E-state index in [2.05, 4.69) is 4.84 Å². The van der Waals surface area contributed by atoms with Crippen LogP contribution in [0.1, 0.15) is 51.7 Å². The lowest BCUT2D eigenvalue weighted by atomic mass is 9.85. The molecule has 0 N–H and O–H groups in total. The van der Waals surface area contributed by atoms with Crippen molar-refractivity contribution >= 4 is 29.6 Å². The van der Waals surface area contributed by atoms with Crippen LogP contribution in [0.4, 0.5) is 13.2 Å². The molecule has 1 aromatic carbocycles. The summed E-state index contributed by atoms with van der Waals surface area (Å²) in [6.45, 7) is 6.28. The molecule has 0 saturated heterocycles. The molecule has 34 heavy (non-hydrogen) atoms. The van der Waals surface area contributed by atoms with Crippen LogP contribution in [-0.2, 0) is 29.3 Å². The molecule has 0 saturated carbocycles. The zero-order valence-corrected chi connectivity index (χ0v) is 19.5. The molecular weight excluding hydrogens is 487 g/mol. The monoisotopic (exact) mass is 509 g/mol. The highest BCUT2D eigenvalue weighted by molar-refractivity contribution is 6.31. The van der Waals surface area contributed by atoms with Gasteiger partial charge in [-0.3, -0.25) is 4.79 Å². The van der Waals surface area contributed by atoms with E-state index in [1.807, 2.05) is 20.8 Å². The van der Waals surface area contributed by atoms with Gasteiger partial charge in [0.15, 0.2) is 0 Å². The molecule has 2 unspecified atom stereocenters. The zero-order chi connectivity index (χ0) is 25.8. The number of hydrogen-bond donors (Lipinski definition) is 0. The van der Waals surface area contributed by atoms with E-state index < -0.39 is 46.6 Å². The smallest absolute Gasteiger partial charge is 0.430 e. The van der Waals surface area contributed by atoms with Gasteiger partial charge in [0.05, 0.1) is 12.2 Å². The van der Waals surface area contributed by atoms with Crippen molar-refractivity contribution in [3.63, 3.8) is 0 Å². The lowest BCUT2D eigenvalue weighted by Gasteiger charge is -2.30. The first-order valence-electron chi connectivity index (χ1n) is 10.1. The van der Waals surface area contributed by atoms with Crippen molar-refractivity contribution in [1.82, 2.24) is 0 Å². The van der Waals surface area contributed by atoms with Crippen LogP contribution in [0.2, 0.25) is 5.02 Å². The van der Waals surface area contributed by atoms with Crippen LogP contribution in [0.25, 0.3) is 6.08 Å². The van der Waals surface area contributed by atoms with Gasteiger partial charge in [0, 0.05) is 23.9 Å². The van der Waals surface area contributed by atoms with Crippen molar-refractivity contribution in [1.29, 1.82) is 0 Å². The number of carbonyl (C=O) groups excluding carboxylic acids is 2. The van der Waals surface area contributed by atoms with Crippen molar-refractivity contribution < 1.29 is 46.9 Å². The van der Waals surface area contributed by atoms with Crippen molar-refractivity contribution in [3.05, 3.63) is 44.0 Å². The molecule has 1 aromatic rings. The first kappa shape index (κ1) is 27.2. The number of esters is 2. The summed E-state index contributed by atoms with van der Waals surface area (Å²) in [6, 6.07) is 2.80. The second-order valence-electron chi connectivity index (χ2n) is 8.38. The SMILES string of the molecule is CC(OC(=O)CCCO[N+](=O)[O-])OC(=O)C1=Cc2cc(Cl)c(C(C)(C)C)cc2OC1C(F)(F)F. The Balaban J connectivity index is 2.18. The Labute approximate surface area is 197 Å². The topological polar surface area (TPSA) is 114 Å². The summed E-state index contributed by atoms with van der Waals surface area (Å²) in [5, 5.41) is 9.31. The van der Waals surface area contributed by atoms with Crippen molar-refractivity contribution in [3.8, 4) is 5.75 Å². The lowest BCUT2D eigenvalue weighted by molar-refractivity contribution is -0.757. The second-order valence-corrected chi connectivity index (χ2v) is 8.79. The highest BCUT2D eigenvalue weighted by atomic mass is 35.5. The maximum atomic E-state index is 13.7. The van der Waals surface area contributed by atoms with E-state index in [0.717, 1.165) is 13.0 Å². The molecule has 1 heterocycles. The molecule has 2 atom stereocenters. The van der Waals surface area contributed by atoms with Gasteiger partial charge in [-0.15, -0.1) is 10.1 Å². The third-order valence-corrected chi connectivity index (χ3v) is 4.88. The Kier molecular flexibility index (Phi) is 8.40. The van der Waals surface area contributed by atoms with E-state index in [1.54, 1.807) is 0 Å². The summed E-state index contributed by atoms with van der Waals surface area (Å²) < 4.78 is 55.9. The number of halogens is 4. The molecule has 2 rings (SSSR count). The zero-order valence-electron chi connectivity index (χ0n) is 18.7. The second kappa shape index (κ2) is 10.5. The van der Waals surface area contributed by atoms with E-state index in [0.29, 0.717) is 5.56 Å². The third-order valence-electron chi connectivity index (χ3n) is 4.57. The maximum Gasteiger partial charge on any atom is 0.430 e. The maximum absolute atomic E-state index is 13.7. The van der Waals surface area contributed by atoms with Gasteiger partial charge in [-0.1, -0.05) is 32.4 Å². The normalized spacial score (nSPS) is 16.5. The van der Waals surface area contributed by atoms with Crippen LogP contribution in [0.15, 0.2) is 17.7 Å². The Morgan fingerprint density at radius 3 is 2.44 bits per heavy atom. The number of nitrogens with zero attached hydrogens (tertiary/aromatic N) is 1. The van der Waals surface area contributed by atoms with Gasteiger partial charge in [0.25, 0.3) is 5.09 Å². The molecule has 13 heteroatoms. The van der Waals surface area contributed by atoms with Gasteiger partial charge < -0.3 is 19.0 Å². The van der Waals surface area contributed by atoms with Crippen LogP contribution in [0.5, 0.6) is 5.75 Å². The third kappa shape index (κ3) is 7.24. The van der Waals surface area contributed by atoms with E-state index in [-0.39, 0.29) is 35.8 Å². The molecule has 9 nitrogen and oxygen atoms in total. The minimum Gasteiger partial charge on any atom is -0.475 e. The Morgan fingerprint density at radius 1 is 1.24 bits per heavy atom. The molecule has 0 amide bonds. The Morgan fingerprint density at radius 2 is 1.88 bits per heavy atom. The molecule has 188 valence electrons. The fourth-order valence-electron chi connectivity index (χ4n) is 3.04. The number of hydrogen-bond acceptors (Lipinski definition) is 8. The predicted molar refractivity (Wildman–Crippen MR) is 112 cm³/mol. The van der Waals surface area contributed by atoms with Crippen LogP contribution < -0.4 is 4.74 Å². The van der Waals surface area contributed by atoms with Crippen molar-refractivity contribution in [2.24, 2.45) is 0 Å². The minimum atomic E-state index is -4.94.